The second kappa shape index (κ2) is 7.18. The monoisotopic (exact) mass is 333 g/mol. The van der Waals surface area contributed by atoms with E-state index in [4.69, 9.17) is 5.26 Å². The van der Waals surface area contributed by atoms with Gasteiger partial charge in [0.1, 0.15) is 0 Å². The number of aryl methyl sites for hydroxylation is 1. The second-order valence-electron chi connectivity index (χ2n) is 6.00. The van der Waals surface area contributed by atoms with Crippen LogP contribution >= 0.6 is 0 Å². The zero-order valence-electron chi connectivity index (χ0n) is 14.1. The Kier molecular flexibility index (Phi) is 4.80. The van der Waals surface area contributed by atoms with Crippen LogP contribution in [0, 0.1) is 11.3 Å². The van der Waals surface area contributed by atoms with Crippen molar-refractivity contribution >= 4 is 11.0 Å². The Labute approximate surface area is 145 Å². The Morgan fingerprint density at radius 3 is 2.32 bits per heavy atom. The molecule has 5 heteroatoms. The van der Waals surface area contributed by atoms with Crippen LogP contribution in [0.3, 0.4) is 0 Å². The average Bonchev–Trinajstić information content (AvgIpc) is 2.65. The minimum absolute atomic E-state index is 0.263. The molecular formula is C20H19N3O2. The van der Waals surface area contributed by atoms with Crippen molar-refractivity contribution in [3.8, 4) is 6.07 Å². The highest BCUT2D eigenvalue weighted by molar-refractivity contribution is 5.75. The number of fused-ring (bicyclic) bond motifs is 1. The third-order valence-corrected chi connectivity index (χ3v) is 4.27. The van der Waals surface area contributed by atoms with Gasteiger partial charge in [-0.3, -0.25) is 14.2 Å². The molecule has 2 aromatic carbocycles. The number of hydrogen-bond acceptors (Lipinski definition) is 3. The lowest BCUT2D eigenvalue weighted by atomic mass is 10.1. The third-order valence-electron chi connectivity index (χ3n) is 4.27. The van der Waals surface area contributed by atoms with Crippen molar-refractivity contribution < 1.29 is 0 Å². The van der Waals surface area contributed by atoms with Gasteiger partial charge in [-0.2, -0.15) is 5.26 Å². The fraction of sp³-hybridized carbons (Fsp3) is 0.250. The van der Waals surface area contributed by atoms with Gasteiger partial charge in [0.05, 0.1) is 29.2 Å². The van der Waals surface area contributed by atoms with Crippen LogP contribution < -0.4 is 11.1 Å². The Hall–Kier alpha value is -3.13. The molecule has 0 unspecified atom stereocenters. The SMILES string of the molecule is CCCCn1c(=O)c(=O)n(Cc2cccc(C#N)c2)c2ccccc21. The largest absolute Gasteiger partial charge is 0.317 e. The van der Waals surface area contributed by atoms with Gasteiger partial charge in [-0.1, -0.05) is 37.6 Å². The molecule has 3 aromatic rings. The first-order valence-corrected chi connectivity index (χ1v) is 8.37. The molecule has 0 aliphatic heterocycles. The summed E-state index contributed by atoms with van der Waals surface area (Å²) in [6.07, 6.45) is 1.79. The number of unbranched alkanes of at least 4 members (excludes halogenated alkanes) is 1. The quantitative estimate of drug-likeness (QED) is 0.674. The third kappa shape index (κ3) is 3.24. The van der Waals surface area contributed by atoms with Gasteiger partial charge in [0.2, 0.25) is 0 Å². The van der Waals surface area contributed by atoms with E-state index in [1.807, 2.05) is 30.3 Å². The van der Waals surface area contributed by atoms with Gasteiger partial charge >= 0.3 is 11.1 Å². The van der Waals surface area contributed by atoms with Gasteiger partial charge in [0, 0.05) is 6.54 Å². The molecule has 0 radical (unpaired) electrons. The molecule has 0 bridgehead atoms. The number of nitrogens with zero attached hydrogens (tertiary/aromatic N) is 3. The molecule has 1 heterocycles. The maximum Gasteiger partial charge on any atom is 0.317 e. The minimum atomic E-state index is -0.530. The van der Waals surface area contributed by atoms with Gasteiger partial charge in [0.15, 0.2) is 0 Å². The first-order valence-electron chi connectivity index (χ1n) is 8.37. The van der Waals surface area contributed by atoms with Gasteiger partial charge in [-0.05, 0) is 36.2 Å². The Morgan fingerprint density at radius 1 is 0.960 bits per heavy atom. The van der Waals surface area contributed by atoms with Crippen molar-refractivity contribution in [2.45, 2.75) is 32.9 Å². The van der Waals surface area contributed by atoms with Crippen molar-refractivity contribution in [3.63, 3.8) is 0 Å². The van der Waals surface area contributed by atoms with E-state index in [1.54, 1.807) is 22.8 Å². The van der Waals surface area contributed by atoms with Gasteiger partial charge in [0.25, 0.3) is 0 Å². The minimum Gasteiger partial charge on any atom is -0.302 e. The Morgan fingerprint density at radius 2 is 1.64 bits per heavy atom. The van der Waals surface area contributed by atoms with Crippen molar-refractivity contribution in [2.24, 2.45) is 0 Å². The maximum atomic E-state index is 12.7. The fourth-order valence-electron chi connectivity index (χ4n) is 2.99. The van der Waals surface area contributed by atoms with E-state index in [9.17, 15) is 9.59 Å². The molecule has 3 rings (SSSR count). The average molecular weight is 333 g/mol. The van der Waals surface area contributed by atoms with Crippen molar-refractivity contribution in [2.75, 3.05) is 0 Å². The van der Waals surface area contributed by atoms with Crippen molar-refractivity contribution in [3.05, 3.63) is 80.4 Å². The van der Waals surface area contributed by atoms with Crippen LogP contribution in [0.4, 0.5) is 0 Å². The van der Waals surface area contributed by atoms with Crippen LogP contribution in [0.2, 0.25) is 0 Å². The molecule has 25 heavy (non-hydrogen) atoms. The van der Waals surface area contributed by atoms with Crippen LogP contribution in [-0.2, 0) is 13.1 Å². The summed E-state index contributed by atoms with van der Waals surface area (Å²) in [6, 6.07) is 16.6. The second-order valence-corrected chi connectivity index (χ2v) is 6.00. The maximum absolute atomic E-state index is 12.7. The van der Waals surface area contributed by atoms with E-state index in [2.05, 4.69) is 13.0 Å². The number of hydrogen-bond donors (Lipinski definition) is 0. The Bertz CT molecular complexity index is 1070. The molecule has 0 saturated heterocycles. The van der Waals surface area contributed by atoms with Gasteiger partial charge in [-0.15, -0.1) is 0 Å². The van der Waals surface area contributed by atoms with Gasteiger partial charge in [-0.25, -0.2) is 0 Å². The molecule has 0 N–H and O–H groups in total. The number of aromatic nitrogens is 2. The zero-order chi connectivity index (χ0) is 17.8. The predicted molar refractivity (Wildman–Crippen MR) is 97.6 cm³/mol. The van der Waals surface area contributed by atoms with E-state index in [1.165, 1.54) is 4.57 Å². The van der Waals surface area contributed by atoms with E-state index >= 15 is 0 Å². The van der Waals surface area contributed by atoms with E-state index < -0.39 is 11.1 Å². The molecule has 0 atom stereocenters. The molecule has 0 fully saturated rings. The number of rotatable bonds is 5. The van der Waals surface area contributed by atoms with Crippen LogP contribution in [0.5, 0.6) is 0 Å². The van der Waals surface area contributed by atoms with E-state index in [0.29, 0.717) is 12.1 Å². The van der Waals surface area contributed by atoms with Crippen molar-refractivity contribution in [1.29, 1.82) is 5.26 Å². The molecule has 0 aliphatic rings. The summed E-state index contributed by atoms with van der Waals surface area (Å²) in [5.74, 6) is 0. The predicted octanol–water partition coefficient (Wildman–Crippen LogP) is 2.88. The fourth-order valence-corrected chi connectivity index (χ4v) is 2.99. The smallest absolute Gasteiger partial charge is 0.302 e. The molecule has 5 nitrogen and oxygen atoms in total. The molecule has 0 aliphatic carbocycles. The lowest BCUT2D eigenvalue weighted by Gasteiger charge is -2.15. The van der Waals surface area contributed by atoms with Crippen LogP contribution in [0.1, 0.15) is 30.9 Å². The molecular weight excluding hydrogens is 314 g/mol. The highest BCUT2D eigenvalue weighted by atomic mass is 16.2. The molecule has 0 spiro atoms. The van der Waals surface area contributed by atoms with Crippen LogP contribution in [-0.4, -0.2) is 9.13 Å². The van der Waals surface area contributed by atoms with E-state index in [-0.39, 0.29) is 6.54 Å². The standard InChI is InChI=1S/C20H19N3O2/c1-2-3-11-22-17-9-4-5-10-18(17)23(20(25)19(22)24)14-16-8-6-7-15(12-16)13-21/h4-10,12H,2-3,11,14H2,1H3. The summed E-state index contributed by atoms with van der Waals surface area (Å²) >= 11 is 0. The summed E-state index contributed by atoms with van der Waals surface area (Å²) < 4.78 is 3.07. The first kappa shape index (κ1) is 16.7. The topological polar surface area (TPSA) is 67.8 Å². The van der Waals surface area contributed by atoms with E-state index in [0.717, 1.165) is 29.4 Å². The van der Waals surface area contributed by atoms with Crippen molar-refractivity contribution in [1.82, 2.24) is 9.13 Å². The highest BCUT2D eigenvalue weighted by Gasteiger charge is 2.13. The van der Waals surface area contributed by atoms with Crippen LogP contribution in [0.25, 0.3) is 11.0 Å². The number of benzene rings is 2. The summed E-state index contributed by atoms with van der Waals surface area (Å²) in [5.41, 5.74) is 1.81. The molecule has 1 aromatic heterocycles. The highest BCUT2D eigenvalue weighted by Crippen LogP contribution is 2.13. The number of nitriles is 1. The summed E-state index contributed by atoms with van der Waals surface area (Å²) in [6.45, 7) is 2.85. The lowest BCUT2D eigenvalue weighted by Crippen LogP contribution is -2.41. The summed E-state index contributed by atoms with van der Waals surface area (Å²) in [4.78, 5) is 25.3. The molecule has 126 valence electrons. The number of para-hydroxylation sites is 2. The normalized spacial score (nSPS) is 10.7. The summed E-state index contributed by atoms with van der Waals surface area (Å²) in [5, 5.41) is 9.05. The molecule has 0 saturated carbocycles. The first-order chi connectivity index (χ1) is 12.2. The van der Waals surface area contributed by atoms with Gasteiger partial charge < -0.3 is 4.57 Å². The summed E-state index contributed by atoms with van der Waals surface area (Å²) in [7, 11) is 0. The van der Waals surface area contributed by atoms with Crippen LogP contribution in [0.15, 0.2) is 58.1 Å². The lowest BCUT2D eigenvalue weighted by molar-refractivity contribution is 0.613. The zero-order valence-corrected chi connectivity index (χ0v) is 14.1. The Balaban J connectivity index is 2.19. The molecule has 0 amide bonds.